The van der Waals surface area contributed by atoms with E-state index in [1.165, 1.54) is 11.3 Å². The summed E-state index contributed by atoms with van der Waals surface area (Å²) in [6.07, 6.45) is 10.9. The summed E-state index contributed by atoms with van der Waals surface area (Å²) in [7, 11) is 0.708. The van der Waals surface area contributed by atoms with Crippen LogP contribution in [0.1, 0.15) is 72.6 Å². The van der Waals surface area contributed by atoms with Crippen molar-refractivity contribution in [1.29, 1.82) is 0 Å². The van der Waals surface area contributed by atoms with E-state index in [0.29, 0.717) is 15.8 Å². The van der Waals surface area contributed by atoms with Crippen LogP contribution in [0.4, 0.5) is 0 Å². The van der Waals surface area contributed by atoms with E-state index in [-0.39, 0.29) is 0 Å². The smallest absolute Gasteiger partial charge is 0.0136 e. The molecule has 1 saturated carbocycles. The van der Waals surface area contributed by atoms with Gasteiger partial charge in [0.2, 0.25) is 0 Å². The Labute approximate surface area is 123 Å². The van der Waals surface area contributed by atoms with Crippen molar-refractivity contribution >= 4 is 15.8 Å². The zero-order valence-corrected chi connectivity index (χ0v) is 15.1. The maximum Gasteiger partial charge on any atom is -0.0136 e. The Balaban J connectivity index is 1.77. The maximum absolute atomic E-state index is 2.58. The largest absolute Gasteiger partial charge is 0.0971 e. The van der Waals surface area contributed by atoms with Gasteiger partial charge in [-0.15, -0.1) is 0 Å². The molecule has 3 fully saturated rings. The molecule has 3 rings (SSSR count). The minimum Gasteiger partial charge on any atom is -0.0971 e. The second-order valence-corrected chi connectivity index (χ2v) is 14.2. The van der Waals surface area contributed by atoms with Gasteiger partial charge in [0.05, 0.1) is 0 Å². The average Bonchev–Trinajstić information content (AvgIpc) is 3.02. The van der Waals surface area contributed by atoms with Crippen molar-refractivity contribution in [3.63, 3.8) is 0 Å². The van der Waals surface area contributed by atoms with E-state index in [9.17, 15) is 0 Å². The third-order valence-electron chi connectivity index (χ3n) is 6.25. The van der Waals surface area contributed by atoms with Gasteiger partial charge in [-0.2, -0.15) is 0 Å². The van der Waals surface area contributed by atoms with E-state index in [4.69, 9.17) is 0 Å². The molecule has 0 amide bonds. The maximum atomic E-state index is 2.58. The Hall–Kier alpha value is 0.860. The van der Waals surface area contributed by atoms with Crippen LogP contribution in [-0.4, -0.2) is 34.0 Å². The third kappa shape index (κ3) is 2.66. The lowest BCUT2D eigenvalue weighted by Crippen LogP contribution is -2.25. The normalized spacial score (nSPS) is 49.3. The standard InChI is InChI=1S/C17H32P2/c1-12-8-9-13(2)18(12)16-6-5-7-17(16)19-14(3)10-11-15(19)4/h12-17H,5-11H2,1-4H3/t12-,13-,14-,15-,16+,17?/m0/s1. The first kappa shape index (κ1) is 14.8. The highest BCUT2D eigenvalue weighted by molar-refractivity contribution is 7.64. The molecule has 0 aromatic heterocycles. The molecule has 2 heteroatoms. The van der Waals surface area contributed by atoms with Gasteiger partial charge >= 0.3 is 0 Å². The molecule has 19 heavy (non-hydrogen) atoms. The summed E-state index contributed by atoms with van der Waals surface area (Å²) in [6, 6.07) is 0. The van der Waals surface area contributed by atoms with Gasteiger partial charge in [0.1, 0.15) is 0 Å². The van der Waals surface area contributed by atoms with Crippen molar-refractivity contribution in [3.05, 3.63) is 0 Å². The van der Waals surface area contributed by atoms with Gasteiger partial charge < -0.3 is 0 Å². The first-order chi connectivity index (χ1) is 9.09. The summed E-state index contributed by atoms with van der Waals surface area (Å²) in [6.45, 7) is 10.3. The molecule has 110 valence electrons. The van der Waals surface area contributed by atoms with Gasteiger partial charge in [0.25, 0.3) is 0 Å². The molecule has 3 aliphatic rings. The zero-order chi connectivity index (χ0) is 13.6. The van der Waals surface area contributed by atoms with Gasteiger partial charge in [0, 0.05) is 0 Å². The molecule has 2 saturated heterocycles. The highest BCUT2D eigenvalue weighted by Crippen LogP contribution is 2.70. The summed E-state index contributed by atoms with van der Waals surface area (Å²) >= 11 is 0. The zero-order valence-electron chi connectivity index (χ0n) is 13.3. The van der Waals surface area contributed by atoms with Crippen molar-refractivity contribution in [2.75, 3.05) is 0 Å². The summed E-state index contributed by atoms with van der Waals surface area (Å²) < 4.78 is 0. The lowest BCUT2D eigenvalue weighted by atomic mass is 10.2. The molecule has 2 heterocycles. The molecule has 0 nitrogen and oxygen atoms in total. The lowest BCUT2D eigenvalue weighted by Gasteiger charge is -2.38. The number of hydrogen-bond acceptors (Lipinski definition) is 0. The molecule has 0 aromatic rings. The first-order valence-electron chi connectivity index (χ1n) is 8.64. The average molecular weight is 298 g/mol. The van der Waals surface area contributed by atoms with E-state index in [0.717, 1.165) is 22.6 Å². The molecule has 6 atom stereocenters. The topological polar surface area (TPSA) is 0 Å². The van der Waals surface area contributed by atoms with E-state index >= 15 is 0 Å². The highest BCUT2D eigenvalue weighted by atomic mass is 31.1. The van der Waals surface area contributed by atoms with E-state index in [1.807, 2.05) is 0 Å². The van der Waals surface area contributed by atoms with Gasteiger partial charge in [-0.3, -0.25) is 0 Å². The van der Waals surface area contributed by atoms with Gasteiger partial charge in [-0.1, -0.05) is 50.0 Å². The van der Waals surface area contributed by atoms with Crippen LogP contribution < -0.4 is 0 Å². The number of hydrogen-bond donors (Lipinski definition) is 0. The van der Waals surface area contributed by atoms with Crippen molar-refractivity contribution in [2.24, 2.45) is 0 Å². The summed E-state index contributed by atoms with van der Waals surface area (Å²) in [4.78, 5) is 0. The van der Waals surface area contributed by atoms with Crippen LogP contribution in [0.25, 0.3) is 0 Å². The van der Waals surface area contributed by atoms with Crippen LogP contribution in [0, 0.1) is 0 Å². The van der Waals surface area contributed by atoms with Gasteiger partial charge in [0.15, 0.2) is 0 Å². The van der Waals surface area contributed by atoms with E-state index in [2.05, 4.69) is 27.7 Å². The molecular formula is C17H32P2. The van der Waals surface area contributed by atoms with Crippen LogP contribution in [0.15, 0.2) is 0 Å². The van der Waals surface area contributed by atoms with Crippen molar-refractivity contribution in [1.82, 2.24) is 0 Å². The molecule has 0 aromatic carbocycles. The lowest BCUT2D eigenvalue weighted by molar-refractivity contribution is 0.777. The Morgan fingerprint density at radius 3 is 1.16 bits per heavy atom. The van der Waals surface area contributed by atoms with Crippen molar-refractivity contribution < 1.29 is 0 Å². The summed E-state index contributed by atoms with van der Waals surface area (Å²) in [5.74, 6) is 0. The monoisotopic (exact) mass is 298 g/mol. The molecule has 0 N–H and O–H groups in total. The van der Waals surface area contributed by atoms with Crippen molar-refractivity contribution in [2.45, 2.75) is 107 Å². The first-order valence-corrected chi connectivity index (χ1v) is 11.7. The minimum absolute atomic E-state index is 0.354. The van der Waals surface area contributed by atoms with Crippen molar-refractivity contribution in [3.8, 4) is 0 Å². The fraction of sp³-hybridized carbons (Fsp3) is 1.00. The Morgan fingerprint density at radius 2 is 0.842 bits per heavy atom. The van der Waals surface area contributed by atoms with Gasteiger partial charge in [-0.05, 0) is 72.5 Å². The fourth-order valence-corrected chi connectivity index (χ4v) is 14.5. The second kappa shape index (κ2) is 5.93. The summed E-state index contributed by atoms with van der Waals surface area (Å²) in [5, 5.41) is 0. The van der Waals surface area contributed by atoms with E-state index in [1.54, 1.807) is 44.9 Å². The van der Waals surface area contributed by atoms with E-state index < -0.39 is 0 Å². The highest BCUT2D eigenvalue weighted by Gasteiger charge is 2.47. The molecular weight excluding hydrogens is 266 g/mol. The van der Waals surface area contributed by atoms with Crippen LogP contribution >= 0.6 is 15.8 Å². The number of rotatable bonds is 2. The Bertz CT molecular complexity index is 266. The predicted molar refractivity (Wildman–Crippen MR) is 91.6 cm³/mol. The molecule has 0 spiro atoms. The van der Waals surface area contributed by atoms with Gasteiger partial charge in [-0.25, -0.2) is 0 Å². The van der Waals surface area contributed by atoms with Crippen LogP contribution in [0.3, 0.4) is 0 Å². The summed E-state index contributed by atoms with van der Waals surface area (Å²) in [5.41, 5.74) is 6.68. The minimum atomic E-state index is 0.354. The Kier molecular flexibility index (Phi) is 4.61. The molecule has 1 unspecified atom stereocenters. The quantitative estimate of drug-likeness (QED) is 0.547. The molecule has 0 bridgehead atoms. The second-order valence-electron chi connectivity index (χ2n) is 7.51. The third-order valence-corrected chi connectivity index (χ3v) is 14.4. The predicted octanol–water partition coefficient (Wildman–Crippen LogP) is 6.01. The molecule has 0 radical (unpaired) electrons. The van der Waals surface area contributed by atoms with Crippen LogP contribution in [0.5, 0.6) is 0 Å². The van der Waals surface area contributed by atoms with Crippen LogP contribution in [-0.2, 0) is 0 Å². The fourth-order valence-electron chi connectivity index (χ4n) is 5.35. The molecule has 1 aliphatic carbocycles. The SMILES string of the molecule is C[C@H]1CC[C@H](C)P1C1CCC[C@H]1P1[C@@H](C)CC[C@@H]1C. The van der Waals surface area contributed by atoms with Crippen LogP contribution in [0.2, 0.25) is 0 Å². The molecule has 2 aliphatic heterocycles. The Morgan fingerprint density at radius 1 is 0.526 bits per heavy atom.